The molecule has 0 aliphatic heterocycles. The number of carbonyl (C=O) groups excluding carboxylic acids is 1. The molecule has 5 heteroatoms. The summed E-state index contributed by atoms with van der Waals surface area (Å²) in [5, 5.41) is 3.59. The lowest BCUT2D eigenvalue weighted by Gasteiger charge is -2.13. The summed E-state index contributed by atoms with van der Waals surface area (Å²) in [4.78, 5) is 18.3. The molecule has 0 saturated heterocycles. The molecule has 114 valence electrons. The van der Waals surface area contributed by atoms with Crippen LogP contribution in [0.15, 0.2) is 53.0 Å². The molecule has 3 nitrogen and oxygen atoms in total. The molecule has 0 unspecified atom stereocenters. The summed E-state index contributed by atoms with van der Waals surface area (Å²) in [6, 6.07) is 15.7. The molecular formula is C18H13BrN2OS. The fraction of sp³-hybridized carbons (Fsp3) is 0.111. The van der Waals surface area contributed by atoms with Crippen molar-refractivity contribution in [2.45, 2.75) is 12.8 Å². The molecule has 1 amide bonds. The third-order valence-electron chi connectivity index (χ3n) is 3.93. The molecule has 0 bridgehead atoms. The van der Waals surface area contributed by atoms with Crippen LogP contribution in [0.25, 0.3) is 11.3 Å². The van der Waals surface area contributed by atoms with E-state index >= 15 is 0 Å². The fourth-order valence-corrected chi connectivity index (χ4v) is 4.25. The van der Waals surface area contributed by atoms with Crippen molar-refractivity contribution in [2.24, 2.45) is 0 Å². The third kappa shape index (κ3) is 2.71. The molecule has 23 heavy (non-hydrogen) atoms. The van der Waals surface area contributed by atoms with Crippen molar-refractivity contribution in [3.63, 3.8) is 0 Å². The molecule has 0 radical (unpaired) electrons. The van der Waals surface area contributed by atoms with Gasteiger partial charge in [0.1, 0.15) is 0 Å². The van der Waals surface area contributed by atoms with E-state index in [2.05, 4.69) is 44.4 Å². The van der Waals surface area contributed by atoms with Gasteiger partial charge in [-0.1, -0.05) is 36.4 Å². The van der Waals surface area contributed by atoms with E-state index in [1.54, 1.807) is 17.4 Å². The van der Waals surface area contributed by atoms with Crippen LogP contribution in [0, 0.1) is 0 Å². The molecule has 1 N–H and O–H groups in total. The van der Waals surface area contributed by atoms with Crippen molar-refractivity contribution in [1.82, 2.24) is 4.98 Å². The van der Waals surface area contributed by atoms with Crippen LogP contribution in [-0.4, -0.2) is 10.9 Å². The molecule has 0 fully saturated rings. The summed E-state index contributed by atoms with van der Waals surface area (Å²) in [5.41, 5.74) is 4.14. The Morgan fingerprint density at radius 2 is 1.87 bits per heavy atom. The first-order valence-electron chi connectivity index (χ1n) is 7.36. The van der Waals surface area contributed by atoms with Gasteiger partial charge in [-0.3, -0.25) is 10.1 Å². The first-order valence-corrected chi connectivity index (χ1v) is 8.97. The van der Waals surface area contributed by atoms with E-state index in [9.17, 15) is 4.79 Å². The highest BCUT2D eigenvalue weighted by atomic mass is 79.9. The average molecular weight is 385 g/mol. The maximum absolute atomic E-state index is 12.4. The zero-order valence-corrected chi connectivity index (χ0v) is 14.6. The number of thiazole rings is 1. The Balaban J connectivity index is 1.65. The van der Waals surface area contributed by atoms with Crippen LogP contribution in [0.3, 0.4) is 0 Å². The number of aromatic nitrogens is 1. The highest BCUT2D eigenvalue weighted by Gasteiger charge is 2.21. The fourth-order valence-electron chi connectivity index (χ4n) is 2.81. The van der Waals surface area contributed by atoms with Gasteiger partial charge < -0.3 is 0 Å². The Morgan fingerprint density at radius 3 is 2.74 bits per heavy atom. The number of amides is 1. The highest BCUT2D eigenvalue weighted by molar-refractivity contribution is 9.10. The van der Waals surface area contributed by atoms with Gasteiger partial charge in [0.05, 0.1) is 11.3 Å². The first-order chi connectivity index (χ1) is 11.2. The first kappa shape index (κ1) is 14.6. The van der Waals surface area contributed by atoms with Gasteiger partial charge in [0.2, 0.25) is 0 Å². The number of aryl methyl sites for hydroxylation is 2. The molecular weight excluding hydrogens is 372 g/mol. The van der Waals surface area contributed by atoms with Crippen LogP contribution in [-0.2, 0) is 12.8 Å². The zero-order valence-electron chi connectivity index (χ0n) is 12.2. The van der Waals surface area contributed by atoms with Crippen molar-refractivity contribution in [3.05, 3.63) is 69.0 Å². The van der Waals surface area contributed by atoms with Crippen LogP contribution in [0.1, 0.15) is 20.8 Å². The van der Waals surface area contributed by atoms with Crippen LogP contribution in [0.2, 0.25) is 0 Å². The van der Waals surface area contributed by atoms with Crippen molar-refractivity contribution >= 4 is 38.3 Å². The number of anilines is 1. The summed E-state index contributed by atoms with van der Waals surface area (Å²) >= 11 is 4.98. The third-order valence-corrected chi connectivity index (χ3v) is 5.65. The molecule has 3 aromatic rings. The van der Waals surface area contributed by atoms with E-state index in [0.29, 0.717) is 10.7 Å². The van der Waals surface area contributed by atoms with Crippen LogP contribution < -0.4 is 5.32 Å². The Kier molecular flexibility index (Phi) is 3.75. The van der Waals surface area contributed by atoms with Gasteiger partial charge in [-0.25, -0.2) is 4.98 Å². The SMILES string of the molecule is O=C(Nc1nc2c(s1)CCc1ccccc1-2)c1ccccc1Br. The van der Waals surface area contributed by atoms with Crippen LogP contribution >= 0.6 is 27.3 Å². The van der Waals surface area contributed by atoms with E-state index < -0.39 is 0 Å². The monoisotopic (exact) mass is 384 g/mol. The molecule has 0 spiro atoms. The molecule has 1 aliphatic carbocycles. The predicted molar refractivity (Wildman–Crippen MR) is 97.1 cm³/mol. The molecule has 0 atom stereocenters. The number of carbonyl (C=O) groups is 1. The van der Waals surface area contributed by atoms with Gasteiger partial charge in [0.25, 0.3) is 5.91 Å². The number of nitrogens with one attached hydrogen (secondary N) is 1. The summed E-state index contributed by atoms with van der Waals surface area (Å²) in [5.74, 6) is -0.142. The lowest BCUT2D eigenvalue weighted by molar-refractivity contribution is 0.102. The van der Waals surface area contributed by atoms with Gasteiger partial charge in [-0.2, -0.15) is 0 Å². The second kappa shape index (κ2) is 5.91. The van der Waals surface area contributed by atoms with E-state index in [0.717, 1.165) is 23.0 Å². The largest absolute Gasteiger partial charge is 0.298 e. The smallest absolute Gasteiger partial charge is 0.258 e. The van der Waals surface area contributed by atoms with E-state index in [-0.39, 0.29) is 5.91 Å². The van der Waals surface area contributed by atoms with E-state index in [1.165, 1.54) is 16.0 Å². The van der Waals surface area contributed by atoms with E-state index in [1.807, 2.05) is 24.3 Å². The van der Waals surface area contributed by atoms with Gasteiger partial charge in [0, 0.05) is 14.9 Å². The number of benzene rings is 2. The minimum atomic E-state index is -0.142. The van der Waals surface area contributed by atoms with Gasteiger partial charge in [0.15, 0.2) is 5.13 Å². The number of fused-ring (bicyclic) bond motifs is 3. The minimum absolute atomic E-state index is 0.142. The quantitative estimate of drug-likeness (QED) is 0.680. The molecule has 2 aromatic carbocycles. The Bertz CT molecular complexity index is 904. The van der Waals surface area contributed by atoms with Crippen molar-refractivity contribution in [3.8, 4) is 11.3 Å². The second-order valence-electron chi connectivity index (χ2n) is 5.38. The topological polar surface area (TPSA) is 42.0 Å². The van der Waals surface area contributed by atoms with Gasteiger partial charge >= 0.3 is 0 Å². The molecule has 1 aliphatic rings. The summed E-state index contributed by atoms with van der Waals surface area (Å²) < 4.78 is 0.782. The standard InChI is InChI=1S/C18H13BrN2OS/c19-14-8-4-3-7-13(14)17(22)21-18-20-16-12-6-2-1-5-11(12)9-10-15(16)23-18/h1-8H,9-10H2,(H,20,21,22). The molecule has 0 saturated carbocycles. The van der Waals surface area contributed by atoms with Crippen LogP contribution in [0.5, 0.6) is 0 Å². The zero-order chi connectivity index (χ0) is 15.8. The molecule has 1 heterocycles. The lowest BCUT2D eigenvalue weighted by atomic mass is 9.94. The number of hydrogen-bond acceptors (Lipinski definition) is 3. The van der Waals surface area contributed by atoms with Gasteiger partial charge in [-0.05, 0) is 46.5 Å². The number of hydrogen-bond donors (Lipinski definition) is 1. The maximum Gasteiger partial charge on any atom is 0.258 e. The average Bonchev–Trinajstić information content (AvgIpc) is 2.98. The lowest BCUT2D eigenvalue weighted by Crippen LogP contribution is -2.12. The van der Waals surface area contributed by atoms with Gasteiger partial charge in [-0.15, -0.1) is 11.3 Å². The molecule has 1 aromatic heterocycles. The maximum atomic E-state index is 12.4. The Labute approximate surface area is 146 Å². The van der Waals surface area contributed by atoms with E-state index in [4.69, 9.17) is 0 Å². The minimum Gasteiger partial charge on any atom is -0.298 e. The summed E-state index contributed by atoms with van der Waals surface area (Å²) in [6.45, 7) is 0. The molecule has 4 rings (SSSR count). The number of nitrogens with zero attached hydrogens (tertiary/aromatic N) is 1. The number of halogens is 1. The van der Waals surface area contributed by atoms with Crippen molar-refractivity contribution < 1.29 is 4.79 Å². The van der Waals surface area contributed by atoms with Crippen molar-refractivity contribution in [2.75, 3.05) is 5.32 Å². The Morgan fingerprint density at radius 1 is 1.09 bits per heavy atom. The normalized spacial score (nSPS) is 12.4. The second-order valence-corrected chi connectivity index (χ2v) is 7.32. The highest BCUT2D eigenvalue weighted by Crippen LogP contribution is 2.38. The predicted octanol–water partition coefficient (Wildman–Crippen LogP) is 4.92. The van der Waals surface area contributed by atoms with Crippen molar-refractivity contribution in [1.29, 1.82) is 0 Å². The van der Waals surface area contributed by atoms with Crippen LogP contribution in [0.4, 0.5) is 5.13 Å². The number of rotatable bonds is 2. The Hall–Kier alpha value is -1.98. The summed E-state index contributed by atoms with van der Waals surface area (Å²) in [7, 11) is 0. The summed E-state index contributed by atoms with van der Waals surface area (Å²) in [6.07, 6.45) is 2.01.